The highest BCUT2D eigenvalue weighted by Crippen LogP contribution is 2.48. The van der Waals surface area contributed by atoms with E-state index in [0.29, 0.717) is 18.4 Å². The van der Waals surface area contributed by atoms with Crippen molar-refractivity contribution in [2.75, 3.05) is 13.7 Å². The van der Waals surface area contributed by atoms with E-state index in [9.17, 15) is 15.0 Å². The maximum Gasteiger partial charge on any atom is 0.345 e. The largest absolute Gasteiger partial charge is 0.460 e. The first-order valence-electron chi connectivity index (χ1n) is 8.02. The normalized spacial score (nSPS) is 36.2. The molecule has 0 aromatic heterocycles. The van der Waals surface area contributed by atoms with Crippen molar-refractivity contribution >= 4 is 23.0 Å². The molecular weight excluding hydrogens is 378 g/mol. The second-order valence-electron chi connectivity index (χ2n) is 6.75. The predicted molar refractivity (Wildman–Crippen MR) is 90.9 cm³/mol. The summed E-state index contributed by atoms with van der Waals surface area (Å²) in [4.78, 5) is 14.8. The summed E-state index contributed by atoms with van der Waals surface area (Å²) in [6, 6.07) is 8.98. The Hall–Kier alpha value is -0.990. The number of epoxide rings is 1. The highest BCUT2D eigenvalue weighted by molar-refractivity contribution is 8.93. The summed E-state index contributed by atoms with van der Waals surface area (Å²) in [6.07, 6.45) is 1.69. The van der Waals surface area contributed by atoms with E-state index in [-0.39, 0.29) is 47.4 Å². The van der Waals surface area contributed by atoms with Crippen LogP contribution in [-0.2, 0) is 19.9 Å². The standard InChI is InChI=1S/C17H21NO5.BrH/c1-18-12-7-11(8-13(18)15-14(12)23-15)22-16(20)17(21,9-19)10-5-3-2-4-6-10;/h2-6,11-15,19,21H,7-9H2,1H3;1H/t11?,12-,13+,14+,15-,17-;/m1./s1. The van der Waals surface area contributed by atoms with Crippen molar-refractivity contribution in [3.63, 3.8) is 0 Å². The van der Waals surface area contributed by atoms with Crippen LogP contribution in [0.15, 0.2) is 30.3 Å². The smallest absolute Gasteiger partial charge is 0.345 e. The number of hydrogen-bond donors (Lipinski definition) is 2. The minimum absolute atomic E-state index is 0. The molecule has 2 N–H and O–H groups in total. The van der Waals surface area contributed by atoms with Gasteiger partial charge in [0.1, 0.15) is 18.3 Å². The molecule has 0 radical (unpaired) electrons. The number of rotatable bonds is 4. The molecule has 2 bridgehead atoms. The number of fused-ring (bicyclic) bond motifs is 5. The summed E-state index contributed by atoms with van der Waals surface area (Å²) in [5.41, 5.74) is -1.67. The van der Waals surface area contributed by atoms with Gasteiger partial charge in [0, 0.05) is 24.9 Å². The molecule has 0 aliphatic carbocycles. The van der Waals surface area contributed by atoms with Gasteiger partial charge in [-0.25, -0.2) is 4.79 Å². The molecule has 3 heterocycles. The van der Waals surface area contributed by atoms with Crippen LogP contribution in [-0.4, -0.2) is 65.1 Å². The Morgan fingerprint density at radius 1 is 1.29 bits per heavy atom. The van der Waals surface area contributed by atoms with Gasteiger partial charge in [0.2, 0.25) is 5.60 Å². The Bertz CT molecular complexity index is 596. The molecule has 1 aromatic carbocycles. The molecule has 4 rings (SSSR count). The van der Waals surface area contributed by atoms with Gasteiger partial charge >= 0.3 is 5.97 Å². The first-order chi connectivity index (χ1) is 11.0. The van der Waals surface area contributed by atoms with Crippen LogP contribution in [0.5, 0.6) is 0 Å². The number of halogens is 1. The molecule has 6 atom stereocenters. The minimum atomic E-state index is -2.01. The maximum absolute atomic E-state index is 12.5. The van der Waals surface area contributed by atoms with Crippen molar-refractivity contribution < 1.29 is 24.5 Å². The molecule has 1 unspecified atom stereocenters. The van der Waals surface area contributed by atoms with Gasteiger partial charge in [0.05, 0.1) is 6.61 Å². The molecule has 3 saturated heterocycles. The first kappa shape index (κ1) is 17.8. The van der Waals surface area contributed by atoms with Crippen LogP contribution in [0.1, 0.15) is 18.4 Å². The number of aliphatic hydroxyl groups excluding tert-OH is 1. The van der Waals surface area contributed by atoms with E-state index in [2.05, 4.69) is 11.9 Å². The van der Waals surface area contributed by atoms with Crippen LogP contribution in [0.3, 0.4) is 0 Å². The van der Waals surface area contributed by atoms with Gasteiger partial charge in [-0.1, -0.05) is 30.3 Å². The molecule has 1 aromatic rings. The fourth-order valence-corrected chi connectivity index (χ4v) is 4.03. The van der Waals surface area contributed by atoms with E-state index in [0.717, 1.165) is 0 Å². The van der Waals surface area contributed by atoms with Crippen molar-refractivity contribution in [1.82, 2.24) is 4.90 Å². The zero-order valence-corrected chi connectivity index (χ0v) is 15.1. The number of hydrogen-bond acceptors (Lipinski definition) is 6. The van der Waals surface area contributed by atoms with E-state index in [4.69, 9.17) is 9.47 Å². The second kappa shape index (κ2) is 6.38. The molecule has 0 saturated carbocycles. The molecule has 3 fully saturated rings. The molecule has 132 valence electrons. The van der Waals surface area contributed by atoms with Gasteiger partial charge in [-0.15, -0.1) is 17.0 Å². The highest BCUT2D eigenvalue weighted by atomic mass is 79.9. The van der Waals surface area contributed by atoms with E-state index < -0.39 is 18.2 Å². The summed E-state index contributed by atoms with van der Waals surface area (Å²) in [7, 11) is 2.08. The van der Waals surface area contributed by atoms with Crippen molar-refractivity contribution in [3.8, 4) is 0 Å². The quantitative estimate of drug-likeness (QED) is 0.569. The Balaban J connectivity index is 0.00000169. The second-order valence-corrected chi connectivity index (χ2v) is 6.75. The lowest BCUT2D eigenvalue weighted by Crippen LogP contribution is -2.50. The third-order valence-corrected chi connectivity index (χ3v) is 5.47. The average molecular weight is 400 g/mol. The van der Waals surface area contributed by atoms with Crippen LogP contribution in [0.2, 0.25) is 0 Å². The lowest BCUT2D eigenvalue weighted by Gasteiger charge is -2.38. The molecule has 6 nitrogen and oxygen atoms in total. The molecule has 0 spiro atoms. The van der Waals surface area contributed by atoms with Gasteiger partial charge in [-0.3, -0.25) is 4.90 Å². The molecular formula is C17H22BrNO5. The van der Waals surface area contributed by atoms with Crippen LogP contribution in [0, 0.1) is 0 Å². The van der Waals surface area contributed by atoms with Gasteiger partial charge in [-0.2, -0.15) is 0 Å². The first-order valence-corrected chi connectivity index (χ1v) is 8.02. The maximum atomic E-state index is 12.5. The Labute approximate surface area is 151 Å². The number of nitrogens with zero attached hydrogens (tertiary/aromatic N) is 1. The van der Waals surface area contributed by atoms with Crippen LogP contribution in [0.4, 0.5) is 0 Å². The average Bonchev–Trinajstić information content (AvgIpc) is 3.33. The van der Waals surface area contributed by atoms with Crippen LogP contribution >= 0.6 is 17.0 Å². The number of carbonyl (C=O) groups is 1. The number of likely N-dealkylation sites (N-methyl/N-ethyl adjacent to an activating group) is 1. The van der Waals surface area contributed by atoms with E-state index in [1.807, 2.05) is 0 Å². The third kappa shape index (κ3) is 2.68. The monoisotopic (exact) mass is 399 g/mol. The zero-order valence-electron chi connectivity index (χ0n) is 13.4. The van der Waals surface area contributed by atoms with Gasteiger partial charge in [0.25, 0.3) is 0 Å². The van der Waals surface area contributed by atoms with Gasteiger partial charge in [-0.05, 0) is 12.6 Å². The number of piperidine rings is 1. The fraction of sp³-hybridized carbons (Fsp3) is 0.588. The number of benzene rings is 1. The summed E-state index contributed by atoms with van der Waals surface area (Å²) in [5.74, 6) is -0.783. The van der Waals surface area contributed by atoms with Crippen molar-refractivity contribution in [3.05, 3.63) is 35.9 Å². The predicted octanol–water partition coefficient (Wildman–Crippen LogP) is 0.600. The highest BCUT2D eigenvalue weighted by Gasteiger charge is 2.63. The summed E-state index contributed by atoms with van der Waals surface area (Å²) >= 11 is 0. The zero-order chi connectivity index (χ0) is 16.2. The number of aliphatic hydroxyl groups is 2. The molecule has 3 aliphatic rings. The van der Waals surface area contributed by atoms with Crippen molar-refractivity contribution in [1.29, 1.82) is 0 Å². The van der Waals surface area contributed by atoms with Crippen LogP contribution in [0.25, 0.3) is 0 Å². The lowest BCUT2D eigenvalue weighted by molar-refractivity contribution is -0.181. The summed E-state index contributed by atoms with van der Waals surface area (Å²) in [5, 5.41) is 20.2. The summed E-state index contributed by atoms with van der Waals surface area (Å²) in [6.45, 7) is -0.705. The van der Waals surface area contributed by atoms with E-state index >= 15 is 0 Å². The molecule has 3 aliphatic heterocycles. The van der Waals surface area contributed by atoms with Crippen molar-refractivity contribution in [2.45, 2.75) is 48.8 Å². The molecule has 24 heavy (non-hydrogen) atoms. The summed E-state index contributed by atoms with van der Waals surface area (Å²) < 4.78 is 11.2. The molecule has 0 amide bonds. The van der Waals surface area contributed by atoms with Crippen LogP contribution < -0.4 is 0 Å². The fourth-order valence-electron chi connectivity index (χ4n) is 4.03. The van der Waals surface area contributed by atoms with E-state index in [1.165, 1.54) is 0 Å². The van der Waals surface area contributed by atoms with Gasteiger partial charge in [0.15, 0.2) is 0 Å². The Kier molecular flexibility index (Phi) is 4.74. The Morgan fingerprint density at radius 3 is 2.42 bits per heavy atom. The number of carbonyl (C=O) groups excluding carboxylic acids is 1. The number of morpholine rings is 1. The third-order valence-electron chi connectivity index (χ3n) is 5.47. The Morgan fingerprint density at radius 2 is 1.88 bits per heavy atom. The topological polar surface area (TPSA) is 82.5 Å². The van der Waals surface area contributed by atoms with E-state index in [1.54, 1.807) is 30.3 Å². The lowest BCUT2D eigenvalue weighted by atomic mass is 9.94. The van der Waals surface area contributed by atoms with Crippen molar-refractivity contribution in [2.24, 2.45) is 0 Å². The molecule has 7 heteroatoms. The minimum Gasteiger partial charge on any atom is -0.460 e. The number of esters is 1. The van der Waals surface area contributed by atoms with Gasteiger partial charge < -0.3 is 19.7 Å². The SMILES string of the molecule is Br.CN1[C@@H]2CC(OC(=O)[C@@](O)(CO)c3ccccc3)C[C@H]1[C@H]1O[C@H]12. The number of ether oxygens (including phenoxy) is 2.